The lowest BCUT2D eigenvalue weighted by Gasteiger charge is -2.28. The van der Waals surface area contributed by atoms with Gasteiger partial charge in [-0.1, -0.05) is 25.1 Å². The second-order valence-electron chi connectivity index (χ2n) is 5.36. The lowest BCUT2D eigenvalue weighted by Crippen LogP contribution is -2.52. The van der Waals surface area contributed by atoms with Crippen molar-refractivity contribution in [2.45, 2.75) is 13.3 Å². The zero-order valence-electron chi connectivity index (χ0n) is 13.1. The Labute approximate surface area is 133 Å². The van der Waals surface area contributed by atoms with Gasteiger partial charge < -0.3 is 4.42 Å². The molecule has 3 rings (SSSR count). The molecule has 0 bridgehead atoms. The second kappa shape index (κ2) is 5.39. The molecule has 1 aliphatic rings. The molecule has 4 amide bonds. The van der Waals surface area contributed by atoms with Crippen molar-refractivity contribution in [3.05, 3.63) is 41.2 Å². The van der Waals surface area contributed by atoms with Crippen LogP contribution in [-0.2, 0) is 16.0 Å². The zero-order chi connectivity index (χ0) is 16.7. The molecule has 1 saturated heterocycles. The minimum Gasteiger partial charge on any atom is -0.460 e. The van der Waals surface area contributed by atoms with Crippen LogP contribution in [0.4, 0.5) is 4.79 Å². The lowest BCUT2D eigenvalue weighted by atomic mass is 10.0. The van der Waals surface area contributed by atoms with Crippen molar-refractivity contribution in [2.24, 2.45) is 0 Å². The van der Waals surface area contributed by atoms with Crippen LogP contribution in [0.25, 0.3) is 17.0 Å². The highest BCUT2D eigenvalue weighted by Gasteiger charge is 2.38. The first-order valence-corrected chi connectivity index (χ1v) is 7.27. The van der Waals surface area contributed by atoms with E-state index in [0.29, 0.717) is 23.3 Å². The molecule has 0 aliphatic carbocycles. The van der Waals surface area contributed by atoms with E-state index in [0.717, 1.165) is 15.2 Å². The van der Waals surface area contributed by atoms with Gasteiger partial charge in [0.25, 0.3) is 11.8 Å². The molecule has 0 radical (unpaired) electrons. The van der Waals surface area contributed by atoms with E-state index in [9.17, 15) is 14.4 Å². The van der Waals surface area contributed by atoms with Gasteiger partial charge in [0, 0.05) is 31.5 Å². The first-order chi connectivity index (χ1) is 11.0. The van der Waals surface area contributed by atoms with Gasteiger partial charge in [-0.2, -0.15) is 0 Å². The van der Waals surface area contributed by atoms with E-state index < -0.39 is 17.8 Å². The number of nitrogens with zero attached hydrogens (tertiary/aromatic N) is 2. The van der Waals surface area contributed by atoms with Crippen molar-refractivity contribution in [2.75, 3.05) is 14.1 Å². The van der Waals surface area contributed by atoms with Gasteiger partial charge in [-0.15, -0.1) is 0 Å². The summed E-state index contributed by atoms with van der Waals surface area (Å²) in [5, 5.41) is 0.833. The molecule has 2 heterocycles. The molecule has 1 fully saturated rings. The van der Waals surface area contributed by atoms with Crippen LogP contribution in [0.15, 0.2) is 34.3 Å². The van der Waals surface area contributed by atoms with E-state index in [1.165, 1.54) is 20.2 Å². The number of urea groups is 1. The Morgan fingerprint density at radius 3 is 2.26 bits per heavy atom. The molecule has 23 heavy (non-hydrogen) atoms. The first-order valence-electron chi connectivity index (χ1n) is 7.27. The van der Waals surface area contributed by atoms with Crippen molar-refractivity contribution >= 4 is 34.9 Å². The number of benzene rings is 1. The summed E-state index contributed by atoms with van der Waals surface area (Å²) in [6.45, 7) is 1.94. The van der Waals surface area contributed by atoms with Crippen LogP contribution in [0, 0.1) is 0 Å². The van der Waals surface area contributed by atoms with Crippen LogP contribution in [-0.4, -0.2) is 41.7 Å². The summed E-state index contributed by atoms with van der Waals surface area (Å²) in [4.78, 5) is 38.3. The number of carbonyl (C=O) groups is 3. The highest BCUT2D eigenvalue weighted by atomic mass is 16.3. The van der Waals surface area contributed by atoms with Crippen LogP contribution >= 0.6 is 0 Å². The van der Waals surface area contributed by atoms with E-state index in [-0.39, 0.29) is 5.57 Å². The van der Waals surface area contributed by atoms with Gasteiger partial charge in [0.15, 0.2) is 0 Å². The van der Waals surface area contributed by atoms with Crippen LogP contribution < -0.4 is 0 Å². The molecule has 0 unspecified atom stereocenters. The number of barbiturate groups is 1. The average Bonchev–Trinajstić information content (AvgIpc) is 2.93. The number of aryl methyl sites for hydroxylation is 1. The fourth-order valence-electron chi connectivity index (χ4n) is 2.66. The molecular weight excluding hydrogens is 296 g/mol. The number of para-hydroxylation sites is 1. The Kier molecular flexibility index (Phi) is 3.52. The fraction of sp³-hybridized carbons (Fsp3) is 0.235. The lowest BCUT2D eigenvalue weighted by molar-refractivity contribution is -0.134. The largest absolute Gasteiger partial charge is 0.460 e. The Bertz CT molecular complexity index is 837. The van der Waals surface area contributed by atoms with Gasteiger partial charge in [-0.05, 0) is 12.1 Å². The third-order valence-electron chi connectivity index (χ3n) is 3.96. The highest BCUT2D eigenvalue weighted by molar-refractivity contribution is 6.31. The van der Waals surface area contributed by atoms with Crippen molar-refractivity contribution in [3.8, 4) is 0 Å². The van der Waals surface area contributed by atoms with Gasteiger partial charge in [0.05, 0.1) is 0 Å². The number of rotatable bonds is 2. The Morgan fingerprint density at radius 1 is 1.04 bits per heavy atom. The minimum atomic E-state index is -0.634. The number of fused-ring (bicyclic) bond motifs is 1. The summed E-state index contributed by atoms with van der Waals surface area (Å²) >= 11 is 0. The fourth-order valence-corrected chi connectivity index (χ4v) is 2.66. The summed E-state index contributed by atoms with van der Waals surface area (Å²) in [5.74, 6) is -0.516. The minimum absolute atomic E-state index is 0.0455. The number of amides is 4. The molecule has 2 aromatic rings. The zero-order valence-corrected chi connectivity index (χ0v) is 13.1. The summed E-state index contributed by atoms with van der Waals surface area (Å²) in [6, 6.07) is 6.80. The Balaban J connectivity index is 2.19. The Hall–Kier alpha value is -2.89. The van der Waals surface area contributed by atoms with Crippen LogP contribution in [0.2, 0.25) is 0 Å². The van der Waals surface area contributed by atoms with E-state index in [1.807, 2.05) is 31.2 Å². The van der Waals surface area contributed by atoms with Gasteiger partial charge in [-0.25, -0.2) is 4.79 Å². The number of carbonyl (C=O) groups excluding carboxylic acids is 3. The topological polar surface area (TPSA) is 70.8 Å². The number of imide groups is 2. The molecule has 1 aromatic heterocycles. The maximum Gasteiger partial charge on any atom is 0.333 e. The number of likely N-dealkylation sites (N-methyl/N-ethyl adjacent to an activating group) is 2. The van der Waals surface area contributed by atoms with Gasteiger partial charge in [0.2, 0.25) is 0 Å². The van der Waals surface area contributed by atoms with E-state index in [1.54, 1.807) is 0 Å². The maximum atomic E-state index is 12.3. The number of hydrogen-bond donors (Lipinski definition) is 0. The molecule has 1 aliphatic heterocycles. The van der Waals surface area contributed by atoms with Gasteiger partial charge in [-0.3, -0.25) is 19.4 Å². The quantitative estimate of drug-likeness (QED) is 0.631. The predicted octanol–water partition coefficient (Wildman–Crippen LogP) is 2.43. The molecule has 6 heteroatoms. The summed E-state index contributed by atoms with van der Waals surface area (Å²) in [5.41, 5.74) is 1.36. The third-order valence-corrected chi connectivity index (χ3v) is 3.96. The van der Waals surface area contributed by atoms with Gasteiger partial charge >= 0.3 is 6.03 Å². The van der Waals surface area contributed by atoms with Crippen molar-refractivity contribution in [1.82, 2.24) is 9.80 Å². The molecule has 6 nitrogen and oxygen atoms in total. The molecule has 0 atom stereocenters. The molecular formula is C17H16N2O4. The summed E-state index contributed by atoms with van der Waals surface area (Å²) in [6.07, 6.45) is 2.15. The predicted molar refractivity (Wildman–Crippen MR) is 84.5 cm³/mol. The van der Waals surface area contributed by atoms with E-state index in [2.05, 4.69) is 0 Å². The second-order valence-corrected chi connectivity index (χ2v) is 5.36. The van der Waals surface area contributed by atoms with Gasteiger partial charge in [0.1, 0.15) is 16.9 Å². The van der Waals surface area contributed by atoms with Crippen molar-refractivity contribution in [3.63, 3.8) is 0 Å². The maximum absolute atomic E-state index is 12.3. The SMILES string of the molecule is CCc1oc2ccccc2c1C=C1C(=O)N(C)C(=O)N(C)C1=O. The molecule has 0 saturated carbocycles. The van der Waals surface area contributed by atoms with Crippen LogP contribution in [0.3, 0.4) is 0 Å². The molecule has 0 N–H and O–H groups in total. The van der Waals surface area contributed by atoms with Crippen LogP contribution in [0.5, 0.6) is 0 Å². The first kappa shape index (κ1) is 15.0. The van der Waals surface area contributed by atoms with E-state index >= 15 is 0 Å². The molecule has 1 aromatic carbocycles. The molecule has 0 spiro atoms. The summed E-state index contributed by atoms with van der Waals surface area (Å²) in [7, 11) is 2.71. The van der Waals surface area contributed by atoms with E-state index in [4.69, 9.17) is 4.42 Å². The number of hydrogen-bond acceptors (Lipinski definition) is 4. The Morgan fingerprint density at radius 2 is 1.65 bits per heavy atom. The number of furan rings is 1. The highest BCUT2D eigenvalue weighted by Crippen LogP contribution is 2.29. The standard InChI is InChI=1S/C17H16N2O4/c1-4-13-11(10-7-5-6-8-14(10)23-13)9-12-15(20)18(2)17(22)19(3)16(12)21/h5-9H,4H2,1-3H3. The average molecular weight is 312 g/mol. The van der Waals surface area contributed by atoms with Crippen molar-refractivity contribution in [1.29, 1.82) is 0 Å². The summed E-state index contributed by atoms with van der Waals surface area (Å²) < 4.78 is 5.77. The normalized spacial score (nSPS) is 15.8. The van der Waals surface area contributed by atoms with Crippen LogP contribution in [0.1, 0.15) is 18.2 Å². The third kappa shape index (κ3) is 2.23. The smallest absolute Gasteiger partial charge is 0.333 e. The molecule has 118 valence electrons. The monoisotopic (exact) mass is 312 g/mol. The van der Waals surface area contributed by atoms with Crippen molar-refractivity contribution < 1.29 is 18.8 Å².